The van der Waals surface area contributed by atoms with Gasteiger partial charge >= 0.3 is 6.03 Å². The summed E-state index contributed by atoms with van der Waals surface area (Å²) in [6, 6.07) is 8.29. The number of carbonyl (C=O) groups excluding carboxylic acids is 2. The summed E-state index contributed by atoms with van der Waals surface area (Å²) in [5, 5.41) is 3.05. The van der Waals surface area contributed by atoms with Crippen molar-refractivity contribution in [1.82, 2.24) is 10.2 Å². The van der Waals surface area contributed by atoms with Crippen molar-refractivity contribution in [2.45, 2.75) is 51.1 Å². The average molecular weight is 328 g/mol. The van der Waals surface area contributed by atoms with Gasteiger partial charge < -0.3 is 10.2 Å². The number of nitrogens with one attached hydrogen (secondary N) is 2. The number of rotatable bonds is 2. The Kier molecular flexibility index (Phi) is 3.83. The quantitative estimate of drug-likeness (QED) is 0.799. The molecule has 5 nitrogen and oxygen atoms in total. The maximum Gasteiger partial charge on any atom is 0.329 e. The Hall–Kier alpha value is -1.88. The van der Waals surface area contributed by atoms with Crippen molar-refractivity contribution in [3.63, 3.8) is 0 Å². The highest BCUT2D eigenvalue weighted by molar-refractivity contribution is 6.07. The zero-order valence-corrected chi connectivity index (χ0v) is 14.3. The molecule has 2 heterocycles. The van der Waals surface area contributed by atoms with Crippen LogP contribution in [-0.2, 0) is 17.8 Å². The van der Waals surface area contributed by atoms with Crippen LogP contribution in [0, 0.1) is 5.92 Å². The van der Waals surface area contributed by atoms with Gasteiger partial charge in [0.2, 0.25) is 0 Å². The normalized spacial score (nSPS) is 32.8. The van der Waals surface area contributed by atoms with Crippen molar-refractivity contribution >= 4 is 11.9 Å². The molecule has 4 rings (SSSR count). The Bertz CT molecular complexity index is 674. The highest BCUT2D eigenvalue weighted by atomic mass is 16.2. The standard InChI is InChI=1S/C19H25N3O2/c1-14-6-4-5-10-19(14)17(23)22(18(24)20-19)13-21-11-9-15-7-2-3-8-16(15)12-21/h2-3,7-8,14H,4-6,9-13H2,1H3,(H,20,24)/p+1/t14-,19-/m1/s1. The van der Waals surface area contributed by atoms with Crippen LogP contribution in [0.25, 0.3) is 0 Å². The summed E-state index contributed by atoms with van der Waals surface area (Å²) in [5.41, 5.74) is 2.10. The molecule has 0 bridgehead atoms. The maximum atomic E-state index is 13.1. The number of hydrogen-bond donors (Lipinski definition) is 2. The summed E-state index contributed by atoms with van der Waals surface area (Å²) in [7, 11) is 0. The lowest BCUT2D eigenvalue weighted by atomic mass is 9.73. The van der Waals surface area contributed by atoms with Crippen LogP contribution in [0.5, 0.6) is 0 Å². The minimum absolute atomic E-state index is 0.00561. The van der Waals surface area contributed by atoms with Crippen molar-refractivity contribution in [3.8, 4) is 0 Å². The third-order valence-electron chi connectivity index (χ3n) is 6.19. The van der Waals surface area contributed by atoms with E-state index in [0.29, 0.717) is 6.67 Å². The van der Waals surface area contributed by atoms with E-state index < -0.39 is 5.54 Å². The van der Waals surface area contributed by atoms with Gasteiger partial charge in [-0.1, -0.05) is 44.0 Å². The first-order valence-electron chi connectivity index (χ1n) is 9.14. The van der Waals surface area contributed by atoms with E-state index in [0.717, 1.165) is 45.2 Å². The minimum Gasteiger partial charge on any atom is -0.323 e. The van der Waals surface area contributed by atoms with E-state index in [1.165, 1.54) is 20.9 Å². The Labute approximate surface area is 143 Å². The largest absolute Gasteiger partial charge is 0.329 e. The zero-order valence-electron chi connectivity index (χ0n) is 14.3. The molecule has 1 aromatic rings. The van der Waals surface area contributed by atoms with Crippen LogP contribution in [0.4, 0.5) is 4.79 Å². The van der Waals surface area contributed by atoms with Crippen molar-refractivity contribution in [2.75, 3.05) is 13.2 Å². The fourth-order valence-corrected chi connectivity index (χ4v) is 4.64. The second-order valence-electron chi connectivity index (χ2n) is 7.64. The molecule has 2 fully saturated rings. The molecule has 0 radical (unpaired) electrons. The number of benzene rings is 1. The smallest absolute Gasteiger partial charge is 0.323 e. The molecule has 1 unspecified atom stereocenters. The van der Waals surface area contributed by atoms with Crippen LogP contribution in [-0.4, -0.2) is 35.6 Å². The van der Waals surface area contributed by atoms with Crippen molar-refractivity contribution in [1.29, 1.82) is 0 Å². The first-order chi connectivity index (χ1) is 11.6. The number of carbonyl (C=O) groups is 2. The zero-order chi connectivity index (χ0) is 16.7. The molecule has 3 atom stereocenters. The molecule has 24 heavy (non-hydrogen) atoms. The summed E-state index contributed by atoms with van der Waals surface area (Å²) < 4.78 is 0. The lowest BCUT2D eigenvalue weighted by Gasteiger charge is -2.37. The number of amides is 3. The molecule has 2 aliphatic heterocycles. The molecule has 1 spiro atoms. The highest BCUT2D eigenvalue weighted by Crippen LogP contribution is 2.37. The fourth-order valence-electron chi connectivity index (χ4n) is 4.64. The lowest BCUT2D eigenvalue weighted by molar-refractivity contribution is -0.923. The van der Waals surface area contributed by atoms with E-state index in [2.05, 4.69) is 36.5 Å². The van der Waals surface area contributed by atoms with Crippen LogP contribution < -0.4 is 10.2 Å². The van der Waals surface area contributed by atoms with E-state index in [1.807, 2.05) is 0 Å². The van der Waals surface area contributed by atoms with Crippen molar-refractivity contribution in [3.05, 3.63) is 35.4 Å². The summed E-state index contributed by atoms with van der Waals surface area (Å²) >= 11 is 0. The Morgan fingerprint density at radius 1 is 1.25 bits per heavy atom. The molecule has 3 amide bonds. The van der Waals surface area contributed by atoms with Crippen molar-refractivity contribution < 1.29 is 14.5 Å². The van der Waals surface area contributed by atoms with Gasteiger partial charge in [0.25, 0.3) is 5.91 Å². The molecule has 2 N–H and O–H groups in total. The highest BCUT2D eigenvalue weighted by Gasteiger charge is 2.55. The number of urea groups is 1. The molecule has 0 aromatic heterocycles. The van der Waals surface area contributed by atoms with Gasteiger partial charge in [-0.2, -0.15) is 0 Å². The monoisotopic (exact) mass is 328 g/mol. The molecule has 1 aliphatic carbocycles. The molecule has 128 valence electrons. The lowest BCUT2D eigenvalue weighted by Crippen LogP contribution is -3.13. The van der Waals surface area contributed by atoms with Gasteiger partial charge in [-0.05, 0) is 24.3 Å². The second kappa shape index (κ2) is 5.88. The van der Waals surface area contributed by atoms with Crippen LogP contribution in [0.15, 0.2) is 24.3 Å². The number of fused-ring (bicyclic) bond motifs is 1. The van der Waals surface area contributed by atoms with E-state index in [1.54, 1.807) is 0 Å². The van der Waals surface area contributed by atoms with Crippen LogP contribution in [0.2, 0.25) is 0 Å². The van der Waals surface area contributed by atoms with Gasteiger partial charge in [-0.3, -0.25) is 4.79 Å². The molecule has 3 aliphatic rings. The van der Waals surface area contributed by atoms with Crippen molar-refractivity contribution in [2.24, 2.45) is 5.92 Å². The maximum absolute atomic E-state index is 13.1. The number of hydrogen-bond acceptors (Lipinski definition) is 2. The number of nitrogens with zero attached hydrogens (tertiary/aromatic N) is 1. The fraction of sp³-hybridized carbons (Fsp3) is 0.579. The van der Waals surface area contributed by atoms with Gasteiger partial charge in [-0.25, -0.2) is 9.69 Å². The van der Waals surface area contributed by atoms with Crippen LogP contribution in [0.3, 0.4) is 0 Å². The first-order valence-corrected chi connectivity index (χ1v) is 9.14. The number of imide groups is 1. The SMILES string of the molecule is C[C@@H]1CCCC[C@@]12NC(=O)N(C[NH+]1CCc3ccccc3C1)C2=O. The predicted molar refractivity (Wildman–Crippen MR) is 90.3 cm³/mol. The molecular formula is C19H26N3O2+. The third-order valence-corrected chi connectivity index (χ3v) is 6.19. The molecular weight excluding hydrogens is 302 g/mol. The summed E-state index contributed by atoms with van der Waals surface area (Å²) in [6.45, 7) is 4.44. The summed E-state index contributed by atoms with van der Waals surface area (Å²) in [6.07, 6.45) is 4.99. The van der Waals surface area contributed by atoms with Crippen LogP contribution >= 0.6 is 0 Å². The average Bonchev–Trinajstić information content (AvgIpc) is 2.83. The Morgan fingerprint density at radius 2 is 2.04 bits per heavy atom. The number of quaternary nitrogens is 1. The Morgan fingerprint density at radius 3 is 2.83 bits per heavy atom. The Balaban J connectivity index is 1.49. The van der Waals surface area contributed by atoms with Crippen LogP contribution in [0.1, 0.15) is 43.7 Å². The van der Waals surface area contributed by atoms with Gasteiger partial charge in [0, 0.05) is 12.0 Å². The molecule has 1 aromatic carbocycles. The summed E-state index contributed by atoms with van der Waals surface area (Å²) in [4.78, 5) is 28.3. The van der Waals surface area contributed by atoms with E-state index in [4.69, 9.17) is 0 Å². The van der Waals surface area contributed by atoms with E-state index >= 15 is 0 Å². The van der Waals surface area contributed by atoms with Gasteiger partial charge in [0.05, 0.1) is 6.54 Å². The third kappa shape index (κ3) is 2.42. The second-order valence-corrected chi connectivity index (χ2v) is 7.64. The van der Waals surface area contributed by atoms with E-state index in [-0.39, 0.29) is 17.9 Å². The first kappa shape index (κ1) is 15.6. The van der Waals surface area contributed by atoms with E-state index in [9.17, 15) is 9.59 Å². The topological polar surface area (TPSA) is 53.9 Å². The minimum atomic E-state index is -0.636. The molecule has 5 heteroatoms. The molecule has 1 saturated carbocycles. The predicted octanol–water partition coefficient (Wildman–Crippen LogP) is 1.09. The summed E-state index contributed by atoms with van der Waals surface area (Å²) in [5.74, 6) is 0.232. The van der Waals surface area contributed by atoms with Gasteiger partial charge in [0.1, 0.15) is 12.1 Å². The van der Waals surface area contributed by atoms with Gasteiger partial charge in [-0.15, -0.1) is 0 Å². The van der Waals surface area contributed by atoms with Gasteiger partial charge in [0.15, 0.2) is 6.67 Å². The molecule has 1 saturated heterocycles.